The predicted molar refractivity (Wildman–Crippen MR) is 160 cm³/mol. The maximum atomic E-state index is 13.2. The molecule has 0 saturated heterocycles. The molecule has 0 spiro atoms. The van der Waals surface area contributed by atoms with Crippen molar-refractivity contribution in [2.45, 2.75) is 45.3 Å². The van der Waals surface area contributed by atoms with Crippen LogP contribution in [-0.4, -0.2) is 39.6 Å². The Morgan fingerprint density at radius 2 is 1.76 bits per heavy atom. The summed E-state index contributed by atoms with van der Waals surface area (Å²) in [6.07, 6.45) is 3.56. The fourth-order valence-corrected chi connectivity index (χ4v) is 5.49. The van der Waals surface area contributed by atoms with Gasteiger partial charge in [-0.25, -0.2) is 4.98 Å². The fraction of sp³-hybridized carbons (Fsp3) is 0.333. The van der Waals surface area contributed by atoms with Gasteiger partial charge in [0.05, 0.1) is 12.2 Å². The number of allylic oxidation sites excluding steroid dienone is 1. The molecule has 0 atom stereocenters. The van der Waals surface area contributed by atoms with E-state index in [1.165, 1.54) is 11.1 Å². The molecular formula is C30H36N6OS. The van der Waals surface area contributed by atoms with Crippen LogP contribution in [0.15, 0.2) is 81.1 Å². The van der Waals surface area contributed by atoms with Gasteiger partial charge in [-0.05, 0) is 44.0 Å². The molecule has 0 unspecified atom stereocenters. The molecule has 0 amide bonds. The minimum Gasteiger partial charge on any atom is -0.337 e. The van der Waals surface area contributed by atoms with Crippen molar-refractivity contribution >= 4 is 35.5 Å². The van der Waals surface area contributed by atoms with Crippen LogP contribution >= 0.6 is 11.8 Å². The van der Waals surface area contributed by atoms with Crippen molar-refractivity contribution in [3.05, 3.63) is 98.4 Å². The van der Waals surface area contributed by atoms with Gasteiger partial charge >= 0.3 is 0 Å². The number of nitrogens with one attached hydrogen (secondary N) is 1. The van der Waals surface area contributed by atoms with Gasteiger partial charge in [0, 0.05) is 29.9 Å². The van der Waals surface area contributed by atoms with E-state index in [1.807, 2.05) is 19.1 Å². The molecule has 2 aromatic heterocycles. The summed E-state index contributed by atoms with van der Waals surface area (Å²) in [4.78, 5) is 28.7. The maximum Gasteiger partial charge on any atom is 0.278 e. The lowest BCUT2D eigenvalue weighted by atomic mass is 10.1. The largest absolute Gasteiger partial charge is 0.337 e. The van der Waals surface area contributed by atoms with E-state index in [0.29, 0.717) is 23.5 Å². The molecule has 4 aromatic rings. The maximum absolute atomic E-state index is 13.2. The zero-order valence-electron chi connectivity index (χ0n) is 22.5. The molecular weight excluding hydrogens is 492 g/mol. The van der Waals surface area contributed by atoms with Gasteiger partial charge in [0.1, 0.15) is 5.52 Å². The van der Waals surface area contributed by atoms with Crippen molar-refractivity contribution < 1.29 is 0 Å². The summed E-state index contributed by atoms with van der Waals surface area (Å²) in [5, 5.41) is 4.59. The van der Waals surface area contributed by atoms with Crippen LogP contribution in [0.3, 0.4) is 0 Å². The fourth-order valence-electron chi connectivity index (χ4n) is 4.44. The molecule has 7 nitrogen and oxygen atoms in total. The summed E-state index contributed by atoms with van der Waals surface area (Å²) in [6.45, 7) is 9.19. The summed E-state index contributed by atoms with van der Waals surface area (Å²) in [5.74, 6) is 1.39. The van der Waals surface area contributed by atoms with E-state index in [1.54, 1.807) is 23.5 Å². The Bertz CT molecular complexity index is 1440. The standard InChI is InChI=1S/C30H36N6OS/c1-5-13-25-27-28(35(4)34-25)29(37)33-30(32-27)36(19-12-18-23-14-8-6-9-15-23)20-26(22(2)31-3)38-21-24-16-10-7-11-17-24/h6-11,14-17H,3,5,12-13,18-21H2,1-2,4H3,(H,32,33,37)/b26-22-. The number of aromatic amines is 1. The molecule has 2 aromatic carbocycles. The average molecular weight is 529 g/mol. The van der Waals surface area contributed by atoms with Crippen molar-refractivity contribution in [1.82, 2.24) is 19.7 Å². The third-order valence-corrected chi connectivity index (χ3v) is 7.75. The number of aromatic nitrogens is 4. The average Bonchev–Trinajstić information content (AvgIpc) is 3.26. The number of hydrogen-bond donors (Lipinski definition) is 1. The highest BCUT2D eigenvalue weighted by Gasteiger charge is 2.19. The molecule has 0 fully saturated rings. The van der Waals surface area contributed by atoms with Crippen LogP contribution in [0.4, 0.5) is 5.95 Å². The van der Waals surface area contributed by atoms with E-state index < -0.39 is 0 Å². The molecule has 0 saturated carbocycles. The van der Waals surface area contributed by atoms with Crippen LogP contribution in [0, 0.1) is 0 Å². The minimum atomic E-state index is -0.170. The molecule has 2 heterocycles. The number of thioether (sulfide) groups is 1. The number of hydrogen-bond acceptors (Lipinski definition) is 6. The van der Waals surface area contributed by atoms with Crippen molar-refractivity contribution in [3.8, 4) is 0 Å². The van der Waals surface area contributed by atoms with E-state index in [4.69, 9.17) is 4.98 Å². The second-order valence-electron chi connectivity index (χ2n) is 9.36. The molecule has 1 N–H and O–H groups in total. The summed E-state index contributed by atoms with van der Waals surface area (Å²) in [5.41, 5.74) is 5.31. The highest BCUT2D eigenvalue weighted by Crippen LogP contribution is 2.28. The molecule has 0 aliphatic rings. The lowest BCUT2D eigenvalue weighted by Crippen LogP contribution is -2.31. The number of H-pyrrole nitrogens is 1. The smallest absolute Gasteiger partial charge is 0.278 e. The molecule has 0 aliphatic carbocycles. The highest BCUT2D eigenvalue weighted by molar-refractivity contribution is 8.02. The molecule has 0 aliphatic heterocycles. The van der Waals surface area contributed by atoms with Crippen LogP contribution in [0.1, 0.15) is 43.5 Å². The van der Waals surface area contributed by atoms with Gasteiger partial charge in [-0.3, -0.25) is 19.5 Å². The summed E-state index contributed by atoms with van der Waals surface area (Å²) >= 11 is 1.75. The van der Waals surface area contributed by atoms with Gasteiger partial charge in [0.25, 0.3) is 5.56 Å². The number of fused-ring (bicyclic) bond motifs is 1. The SMILES string of the molecule is C=N/C(C)=C(/CN(CCCc1ccccc1)c1nc2c(CCC)nn(C)c2c(=O)[nH]1)SCc1ccccc1. The van der Waals surface area contributed by atoms with E-state index in [2.05, 4.69) is 82.1 Å². The van der Waals surface area contributed by atoms with Crippen molar-refractivity contribution in [1.29, 1.82) is 0 Å². The van der Waals surface area contributed by atoms with Gasteiger partial charge in [0.2, 0.25) is 5.95 Å². The Morgan fingerprint density at radius 3 is 2.42 bits per heavy atom. The molecule has 4 rings (SSSR count). The van der Waals surface area contributed by atoms with Gasteiger partial charge < -0.3 is 4.90 Å². The second kappa shape index (κ2) is 13.2. The van der Waals surface area contributed by atoms with Gasteiger partial charge in [-0.15, -0.1) is 11.8 Å². The Balaban J connectivity index is 1.66. The molecule has 0 radical (unpaired) electrons. The normalized spacial score (nSPS) is 12.0. The molecule has 0 bridgehead atoms. The summed E-state index contributed by atoms with van der Waals surface area (Å²) in [7, 11) is 1.80. The second-order valence-corrected chi connectivity index (χ2v) is 10.4. The third-order valence-electron chi connectivity index (χ3n) is 6.50. The number of aryl methyl sites for hydroxylation is 3. The zero-order valence-corrected chi connectivity index (χ0v) is 23.3. The van der Waals surface area contributed by atoms with Crippen molar-refractivity contribution in [2.75, 3.05) is 18.0 Å². The number of aliphatic imine (C=N–C) groups is 1. The van der Waals surface area contributed by atoms with Crippen LogP contribution in [0.25, 0.3) is 11.0 Å². The van der Waals surface area contributed by atoms with Crippen molar-refractivity contribution in [2.24, 2.45) is 12.0 Å². The first-order chi connectivity index (χ1) is 18.5. The first kappa shape index (κ1) is 27.4. The van der Waals surface area contributed by atoms with Crippen LogP contribution in [-0.2, 0) is 25.6 Å². The Hall–Kier alpha value is -3.65. The molecule has 38 heavy (non-hydrogen) atoms. The molecule has 8 heteroatoms. The van der Waals surface area contributed by atoms with Gasteiger partial charge in [0.15, 0.2) is 5.52 Å². The minimum absolute atomic E-state index is 0.170. The quantitative estimate of drug-likeness (QED) is 0.218. The van der Waals surface area contributed by atoms with Crippen LogP contribution < -0.4 is 10.5 Å². The van der Waals surface area contributed by atoms with Crippen molar-refractivity contribution in [3.63, 3.8) is 0 Å². The predicted octanol–water partition coefficient (Wildman–Crippen LogP) is 5.91. The summed E-state index contributed by atoms with van der Waals surface area (Å²) in [6, 6.07) is 20.9. The number of nitrogens with zero attached hydrogens (tertiary/aromatic N) is 5. The number of rotatable bonds is 13. The first-order valence-electron chi connectivity index (χ1n) is 13.1. The Labute approximate surface area is 228 Å². The van der Waals surface area contributed by atoms with Gasteiger partial charge in [-0.2, -0.15) is 5.10 Å². The highest BCUT2D eigenvalue weighted by atomic mass is 32.2. The zero-order chi connectivity index (χ0) is 26.9. The molecule has 198 valence electrons. The van der Waals surface area contributed by atoms with Crippen LogP contribution in [0.5, 0.6) is 0 Å². The lowest BCUT2D eigenvalue weighted by Gasteiger charge is -2.25. The first-order valence-corrected chi connectivity index (χ1v) is 14.1. The Kier molecular flexibility index (Phi) is 9.54. The van der Waals surface area contributed by atoms with E-state index in [0.717, 1.165) is 54.3 Å². The summed E-state index contributed by atoms with van der Waals surface area (Å²) < 4.78 is 1.64. The van der Waals surface area contributed by atoms with Gasteiger partial charge in [-0.1, -0.05) is 74.0 Å². The lowest BCUT2D eigenvalue weighted by molar-refractivity contribution is 0.737. The van der Waals surface area contributed by atoms with E-state index in [-0.39, 0.29) is 5.56 Å². The number of benzene rings is 2. The van der Waals surface area contributed by atoms with Crippen LogP contribution in [0.2, 0.25) is 0 Å². The topological polar surface area (TPSA) is 79.2 Å². The number of anilines is 1. The third kappa shape index (κ3) is 6.81. The van der Waals surface area contributed by atoms with E-state index >= 15 is 0 Å². The Morgan fingerprint density at radius 1 is 1.08 bits per heavy atom. The monoisotopic (exact) mass is 528 g/mol. The van der Waals surface area contributed by atoms with E-state index in [9.17, 15) is 4.79 Å².